The molecule has 0 fully saturated rings. The average Bonchev–Trinajstić information content (AvgIpc) is 2.47. The predicted octanol–water partition coefficient (Wildman–Crippen LogP) is 2.75. The van der Waals surface area contributed by atoms with Gasteiger partial charge in [-0.05, 0) is 25.0 Å². The summed E-state index contributed by atoms with van der Waals surface area (Å²) < 4.78 is 5.30. The summed E-state index contributed by atoms with van der Waals surface area (Å²) >= 11 is 5.13. The van der Waals surface area contributed by atoms with Crippen molar-refractivity contribution in [1.29, 1.82) is 0 Å². The van der Waals surface area contributed by atoms with Gasteiger partial charge in [-0.3, -0.25) is 4.79 Å². The highest BCUT2D eigenvalue weighted by molar-refractivity contribution is 7.80. The summed E-state index contributed by atoms with van der Waals surface area (Å²) in [5.41, 5.74) is 5.74. The minimum atomic E-state index is -0.801. The molecule has 1 rings (SSSR count). The van der Waals surface area contributed by atoms with Gasteiger partial charge < -0.3 is 15.4 Å². The number of para-hydroxylation sites is 2. The van der Waals surface area contributed by atoms with Crippen LogP contribution in [0.5, 0.6) is 5.75 Å². The van der Waals surface area contributed by atoms with Crippen molar-refractivity contribution in [2.75, 3.05) is 19.1 Å². The summed E-state index contributed by atoms with van der Waals surface area (Å²) in [5, 5.41) is 0. The number of amides is 1. The second-order valence-corrected chi connectivity index (χ2v) is 5.13. The Morgan fingerprint density at radius 2 is 1.90 bits per heavy atom. The first-order valence-electron chi connectivity index (χ1n) is 6.65. The first kappa shape index (κ1) is 16.4. The van der Waals surface area contributed by atoms with Crippen molar-refractivity contribution in [2.24, 2.45) is 11.1 Å². The number of thiocarbonyl (C=S) groups is 1. The number of benzene rings is 1. The lowest BCUT2D eigenvalue weighted by molar-refractivity contribution is -0.124. The molecule has 0 aromatic heterocycles. The van der Waals surface area contributed by atoms with Crippen molar-refractivity contribution in [2.45, 2.75) is 26.7 Å². The van der Waals surface area contributed by atoms with Gasteiger partial charge >= 0.3 is 0 Å². The van der Waals surface area contributed by atoms with Crippen molar-refractivity contribution in [3.8, 4) is 5.75 Å². The maximum Gasteiger partial charge on any atom is 0.239 e. The van der Waals surface area contributed by atoms with E-state index in [9.17, 15) is 4.79 Å². The van der Waals surface area contributed by atoms with Crippen LogP contribution in [-0.2, 0) is 4.79 Å². The van der Waals surface area contributed by atoms with E-state index >= 15 is 0 Å². The van der Waals surface area contributed by atoms with Gasteiger partial charge in [0.15, 0.2) is 0 Å². The van der Waals surface area contributed by atoms with E-state index in [0.29, 0.717) is 24.3 Å². The fraction of sp³-hybridized carbons (Fsp3) is 0.467. The molecule has 0 saturated heterocycles. The van der Waals surface area contributed by atoms with Gasteiger partial charge in [0.2, 0.25) is 5.91 Å². The second kappa shape index (κ2) is 6.70. The molecule has 20 heavy (non-hydrogen) atoms. The molecule has 0 unspecified atom stereocenters. The van der Waals surface area contributed by atoms with Crippen molar-refractivity contribution in [3.63, 3.8) is 0 Å². The highest BCUT2D eigenvalue weighted by atomic mass is 32.1. The van der Waals surface area contributed by atoms with E-state index in [4.69, 9.17) is 22.7 Å². The van der Waals surface area contributed by atoms with Crippen LogP contribution in [0.4, 0.5) is 5.69 Å². The van der Waals surface area contributed by atoms with Crippen molar-refractivity contribution >= 4 is 28.8 Å². The Balaban J connectivity index is 3.22. The minimum Gasteiger partial charge on any atom is -0.495 e. The first-order valence-corrected chi connectivity index (χ1v) is 7.06. The zero-order valence-corrected chi connectivity index (χ0v) is 13.3. The number of hydrogen-bond acceptors (Lipinski definition) is 3. The Labute approximate surface area is 125 Å². The Kier molecular flexibility index (Phi) is 5.51. The number of hydrogen-bond donors (Lipinski definition) is 1. The molecule has 0 aliphatic carbocycles. The van der Waals surface area contributed by atoms with Crippen LogP contribution in [0.2, 0.25) is 0 Å². The number of ether oxygens (including phenoxy) is 1. The van der Waals surface area contributed by atoms with Gasteiger partial charge in [0.1, 0.15) is 5.75 Å². The van der Waals surface area contributed by atoms with Gasteiger partial charge in [-0.25, -0.2) is 0 Å². The zero-order chi connectivity index (χ0) is 15.3. The molecule has 1 aromatic carbocycles. The summed E-state index contributed by atoms with van der Waals surface area (Å²) in [4.78, 5) is 14.7. The zero-order valence-electron chi connectivity index (χ0n) is 12.5. The Hall–Kier alpha value is -1.62. The molecule has 0 heterocycles. The molecule has 0 aliphatic heterocycles. The van der Waals surface area contributed by atoms with E-state index in [0.717, 1.165) is 0 Å². The molecular formula is C15H22N2O2S. The molecule has 0 atom stereocenters. The van der Waals surface area contributed by atoms with Gasteiger partial charge in [-0.1, -0.05) is 38.2 Å². The van der Waals surface area contributed by atoms with Crippen LogP contribution in [-0.4, -0.2) is 25.1 Å². The quantitative estimate of drug-likeness (QED) is 0.820. The highest BCUT2D eigenvalue weighted by Gasteiger charge is 2.40. The molecule has 110 valence electrons. The van der Waals surface area contributed by atoms with Gasteiger partial charge in [0.25, 0.3) is 0 Å². The van der Waals surface area contributed by atoms with Crippen LogP contribution >= 0.6 is 12.2 Å². The van der Waals surface area contributed by atoms with Gasteiger partial charge in [0.05, 0.1) is 23.2 Å². The van der Waals surface area contributed by atoms with E-state index < -0.39 is 5.41 Å². The van der Waals surface area contributed by atoms with E-state index in [2.05, 4.69) is 0 Å². The molecule has 5 heteroatoms. The highest BCUT2D eigenvalue weighted by Crippen LogP contribution is 2.34. The Morgan fingerprint density at radius 3 is 2.35 bits per heavy atom. The van der Waals surface area contributed by atoms with Crippen molar-refractivity contribution < 1.29 is 9.53 Å². The van der Waals surface area contributed by atoms with Gasteiger partial charge in [-0.2, -0.15) is 0 Å². The van der Waals surface area contributed by atoms with Crippen LogP contribution in [0.15, 0.2) is 24.3 Å². The maximum atomic E-state index is 12.8. The van der Waals surface area contributed by atoms with Crippen LogP contribution < -0.4 is 15.4 Å². The molecule has 0 aliphatic rings. The summed E-state index contributed by atoms with van der Waals surface area (Å²) in [6.45, 7) is 3.85. The summed E-state index contributed by atoms with van der Waals surface area (Å²) in [7, 11) is 3.30. The van der Waals surface area contributed by atoms with Crippen LogP contribution in [0.25, 0.3) is 0 Å². The van der Waals surface area contributed by atoms with E-state index in [1.165, 1.54) is 0 Å². The standard InChI is InChI=1S/C15H22N2O2S/c1-5-15(6-2,13(16)20)14(18)17(3)11-9-7-8-10-12(11)19-4/h7-10H,5-6H2,1-4H3,(H2,16,20). The lowest BCUT2D eigenvalue weighted by Crippen LogP contribution is -2.49. The van der Waals surface area contributed by atoms with E-state index in [1.54, 1.807) is 19.1 Å². The topological polar surface area (TPSA) is 55.6 Å². The van der Waals surface area contributed by atoms with Crippen molar-refractivity contribution in [1.82, 2.24) is 0 Å². The molecule has 4 nitrogen and oxygen atoms in total. The Morgan fingerprint density at radius 1 is 1.35 bits per heavy atom. The number of carbonyl (C=O) groups excluding carboxylic acids is 1. The van der Waals surface area contributed by atoms with E-state index in [1.807, 2.05) is 38.1 Å². The van der Waals surface area contributed by atoms with Crippen molar-refractivity contribution in [3.05, 3.63) is 24.3 Å². The third kappa shape index (κ3) is 2.77. The second-order valence-electron chi connectivity index (χ2n) is 4.69. The monoisotopic (exact) mass is 294 g/mol. The Bertz CT molecular complexity index is 498. The fourth-order valence-electron chi connectivity index (χ4n) is 2.34. The third-order valence-corrected chi connectivity index (χ3v) is 4.23. The number of rotatable bonds is 6. The largest absolute Gasteiger partial charge is 0.495 e. The molecule has 0 radical (unpaired) electrons. The molecular weight excluding hydrogens is 272 g/mol. The minimum absolute atomic E-state index is 0.0977. The average molecular weight is 294 g/mol. The number of methoxy groups -OCH3 is 1. The lowest BCUT2D eigenvalue weighted by Gasteiger charge is -2.33. The number of nitrogens with zero attached hydrogens (tertiary/aromatic N) is 1. The van der Waals surface area contributed by atoms with Crippen LogP contribution in [0.3, 0.4) is 0 Å². The number of anilines is 1. The molecule has 0 bridgehead atoms. The molecule has 0 saturated carbocycles. The fourth-order valence-corrected chi connectivity index (χ4v) is 2.72. The lowest BCUT2D eigenvalue weighted by atomic mass is 9.80. The van der Waals surface area contributed by atoms with Crippen LogP contribution in [0.1, 0.15) is 26.7 Å². The number of carbonyl (C=O) groups is 1. The normalized spacial score (nSPS) is 11.0. The SMILES string of the molecule is CCC(CC)(C(=O)N(C)c1ccccc1OC)C(N)=S. The predicted molar refractivity (Wildman–Crippen MR) is 86.2 cm³/mol. The van der Waals surface area contributed by atoms with E-state index in [-0.39, 0.29) is 10.9 Å². The van der Waals surface area contributed by atoms with Crippen LogP contribution in [0, 0.1) is 5.41 Å². The summed E-state index contributed by atoms with van der Waals surface area (Å²) in [6, 6.07) is 7.38. The molecule has 2 N–H and O–H groups in total. The third-order valence-electron chi connectivity index (χ3n) is 3.84. The smallest absolute Gasteiger partial charge is 0.239 e. The number of nitrogens with two attached hydrogens (primary N) is 1. The van der Waals surface area contributed by atoms with Gasteiger partial charge in [-0.15, -0.1) is 0 Å². The maximum absolute atomic E-state index is 12.8. The summed E-state index contributed by atoms with van der Waals surface area (Å²) in [5.74, 6) is 0.548. The first-order chi connectivity index (χ1) is 9.44. The molecule has 0 spiro atoms. The van der Waals surface area contributed by atoms with Gasteiger partial charge in [0, 0.05) is 7.05 Å². The molecule has 1 aromatic rings. The summed E-state index contributed by atoms with van der Waals surface area (Å²) in [6.07, 6.45) is 1.16. The molecule has 1 amide bonds.